The normalized spacial score (nSPS) is 17.7. The van der Waals surface area contributed by atoms with Crippen LogP contribution >= 0.6 is 50.1 Å². The van der Waals surface area contributed by atoms with E-state index in [9.17, 15) is 4.79 Å². The molecule has 1 aliphatic carbocycles. The number of benzene rings is 1. The van der Waals surface area contributed by atoms with Crippen LogP contribution in [0.2, 0.25) is 0 Å². The van der Waals surface area contributed by atoms with Crippen molar-refractivity contribution >= 4 is 56.0 Å². The van der Waals surface area contributed by atoms with E-state index in [1.165, 1.54) is 0 Å². The van der Waals surface area contributed by atoms with Gasteiger partial charge in [0.15, 0.2) is 0 Å². The summed E-state index contributed by atoms with van der Waals surface area (Å²) in [5.74, 6) is 0.447. The predicted molar refractivity (Wildman–Crippen MR) is 86.2 cm³/mol. The number of carbonyl (C=O) groups is 1. The summed E-state index contributed by atoms with van der Waals surface area (Å²) in [5.41, 5.74) is 0.470. The number of nitrogens with one attached hydrogen (secondary N) is 1. The maximum atomic E-state index is 12.3. The summed E-state index contributed by atoms with van der Waals surface area (Å²) in [7, 11) is 0. The van der Waals surface area contributed by atoms with Crippen molar-refractivity contribution in [3.63, 3.8) is 0 Å². The number of hydrogen-bond acceptors (Lipinski definition) is 1. The number of amides is 1. The second-order valence-electron chi connectivity index (χ2n) is 4.70. The summed E-state index contributed by atoms with van der Waals surface area (Å²) in [5, 5.41) is 3.12. The first-order valence-corrected chi connectivity index (χ1v) is 8.30. The molecule has 1 fully saturated rings. The van der Waals surface area contributed by atoms with Gasteiger partial charge in [-0.3, -0.25) is 4.79 Å². The first-order valence-electron chi connectivity index (χ1n) is 5.90. The minimum absolute atomic E-state index is 0.0389. The third-order valence-corrected chi connectivity index (χ3v) is 5.24. The van der Waals surface area contributed by atoms with Crippen molar-refractivity contribution in [2.45, 2.75) is 31.2 Å². The van der Waals surface area contributed by atoms with Gasteiger partial charge in [0.05, 0.1) is 11.1 Å². The highest BCUT2D eigenvalue weighted by atomic mass is 127. The van der Waals surface area contributed by atoms with Gasteiger partial charge in [0.1, 0.15) is 0 Å². The van der Waals surface area contributed by atoms with Gasteiger partial charge in [-0.2, -0.15) is 0 Å². The van der Waals surface area contributed by atoms with Crippen LogP contribution in [-0.2, 0) is 0 Å². The van der Waals surface area contributed by atoms with E-state index in [-0.39, 0.29) is 11.4 Å². The Morgan fingerprint density at radius 3 is 2.72 bits per heavy atom. The molecular weight excluding hydrogens is 428 g/mol. The molecule has 1 aliphatic rings. The van der Waals surface area contributed by atoms with E-state index in [0.717, 1.165) is 33.7 Å². The molecule has 0 aliphatic heterocycles. The second kappa shape index (κ2) is 6.09. The standard InChI is InChI=1S/C13H14BrClINO/c14-11-4-3-9(16)7-10(11)12(18)17-13(8-15)5-1-2-6-13/h3-4,7H,1-2,5-6,8H2,(H,17,18). The first-order chi connectivity index (χ1) is 8.56. The van der Waals surface area contributed by atoms with Crippen molar-refractivity contribution in [1.82, 2.24) is 5.32 Å². The minimum Gasteiger partial charge on any atom is -0.345 e. The van der Waals surface area contributed by atoms with E-state index >= 15 is 0 Å². The summed E-state index contributed by atoms with van der Waals surface area (Å²) >= 11 is 11.7. The van der Waals surface area contributed by atoms with Crippen molar-refractivity contribution in [1.29, 1.82) is 0 Å². The minimum atomic E-state index is -0.209. The topological polar surface area (TPSA) is 29.1 Å². The van der Waals surface area contributed by atoms with E-state index < -0.39 is 0 Å². The van der Waals surface area contributed by atoms with Crippen LogP contribution in [0.15, 0.2) is 22.7 Å². The lowest BCUT2D eigenvalue weighted by Gasteiger charge is -2.28. The number of rotatable bonds is 3. The van der Waals surface area contributed by atoms with Gasteiger partial charge in [0, 0.05) is 13.9 Å². The molecule has 1 amide bonds. The van der Waals surface area contributed by atoms with E-state index in [2.05, 4.69) is 43.8 Å². The van der Waals surface area contributed by atoms with Crippen LogP contribution in [-0.4, -0.2) is 17.3 Å². The monoisotopic (exact) mass is 441 g/mol. The number of carbonyl (C=O) groups excluding carboxylic acids is 1. The fourth-order valence-corrected chi connectivity index (χ4v) is 3.58. The Morgan fingerprint density at radius 1 is 1.44 bits per heavy atom. The van der Waals surface area contributed by atoms with Gasteiger partial charge in [-0.25, -0.2) is 0 Å². The van der Waals surface area contributed by atoms with Crippen LogP contribution in [0, 0.1) is 3.57 Å². The second-order valence-corrected chi connectivity index (χ2v) is 7.07. The maximum Gasteiger partial charge on any atom is 0.252 e. The summed E-state index contributed by atoms with van der Waals surface area (Å²) in [6.07, 6.45) is 4.23. The van der Waals surface area contributed by atoms with Crippen LogP contribution in [0.25, 0.3) is 0 Å². The van der Waals surface area contributed by atoms with Crippen molar-refractivity contribution in [3.05, 3.63) is 31.8 Å². The van der Waals surface area contributed by atoms with Crippen LogP contribution in [0.1, 0.15) is 36.0 Å². The van der Waals surface area contributed by atoms with Crippen LogP contribution in [0.3, 0.4) is 0 Å². The molecule has 0 heterocycles. The van der Waals surface area contributed by atoms with Gasteiger partial charge in [-0.05, 0) is 69.6 Å². The van der Waals surface area contributed by atoms with Gasteiger partial charge in [-0.1, -0.05) is 12.8 Å². The number of halogens is 3. The van der Waals surface area contributed by atoms with Gasteiger partial charge in [0.2, 0.25) is 0 Å². The van der Waals surface area contributed by atoms with Crippen molar-refractivity contribution in [2.24, 2.45) is 0 Å². The molecule has 98 valence electrons. The van der Waals surface area contributed by atoms with Crippen molar-refractivity contribution < 1.29 is 4.79 Å². The summed E-state index contributed by atoms with van der Waals surface area (Å²) in [4.78, 5) is 12.3. The van der Waals surface area contributed by atoms with Crippen molar-refractivity contribution in [3.8, 4) is 0 Å². The predicted octanol–water partition coefficient (Wildman–Crippen LogP) is 4.34. The highest BCUT2D eigenvalue weighted by Gasteiger charge is 2.34. The number of hydrogen-bond donors (Lipinski definition) is 1. The van der Waals surface area contributed by atoms with E-state index in [0.29, 0.717) is 11.4 Å². The van der Waals surface area contributed by atoms with Crippen LogP contribution in [0.4, 0.5) is 0 Å². The molecule has 1 saturated carbocycles. The van der Waals surface area contributed by atoms with Crippen LogP contribution < -0.4 is 5.32 Å². The quantitative estimate of drug-likeness (QED) is 0.548. The van der Waals surface area contributed by atoms with Gasteiger partial charge in [-0.15, -0.1) is 11.6 Å². The fraction of sp³-hybridized carbons (Fsp3) is 0.462. The smallest absolute Gasteiger partial charge is 0.252 e. The highest BCUT2D eigenvalue weighted by Crippen LogP contribution is 2.31. The van der Waals surface area contributed by atoms with Crippen molar-refractivity contribution in [2.75, 3.05) is 5.88 Å². The maximum absolute atomic E-state index is 12.3. The number of alkyl halides is 1. The molecule has 0 atom stereocenters. The Morgan fingerprint density at radius 2 is 2.11 bits per heavy atom. The third kappa shape index (κ3) is 3.20. The van der Waals surface area contributed by atoms with E-state index in [1.54, 1.807) is 0 Å². The zero-order valence-electron chi connectivity index (χ0n) is 9.81. The molecular formula is C13H14BrClINO. The zero-order chi connectivity index (χ0) is 13.2. The Kier molecular flexibility index (Phi) is 4.94. The fourth-order valence-electron chi connectivity index (χ4n) is 2.32. The molecule has 0 saturated heterocycles. The highest BCUT2D eigenvalue weighted by molar-refractivity contribution is 14.1. The molecule has 1 aromatic carbocycles. The summed E-state index contributed by atoms with van der Waals surface area (Å²) in [6, 6.07) is 5.75. The lowest BCUT2D eigenvalue weighted by molar-refractivity contribution is 0.0908. The first kappa shape index (κ1) is 14.6. The molecule has 1 aromatic rings. The molecule has 5 heteroatoms. The average molecular weight is 443 g/mol. The van der Waals surface area contributed by atoms with Crippen LogP contribution in [0.5, 0.6) is 0 Å². The molecule has 18 heavy (non-hydrogen) atoms. The van der Waals surface area contributed by atoms with E-state index in [1.807, 2.05) is 18.2 Å². The lowest BCUT2D eigenvalue weighted by atomic mass is 9.99. The molecule has 0 radical (unpaired) electrons. The summed E-state index contributed by atoms with van der Waals surface area (Å²) in [6.45, 7) is 0. The SMILES string of the molecule is O=C(NC1(CCl)CCCC1)c1cc(I)ccc1Br. The molecule has 1 N–H and O–H groups in total. The Balaban J connectivity index is 2.18. The Hall–Kier alpha value is 0.190. The Labute approximate surface area is 134 Å². The molecule has 0 bridgehead atoms. The molecule has 2 nitrogen and oxygen atoms in total. The van der Waals surface area contributed by atoms with Gasteiger partial charge < -0.3 is 5.32 Å². The van der Waals surface area contributed by atoms with E-state index in [4.69, 9.17) is 11.6 Å². The van der Waals surface area contributed by atoms with Gasteiger partial charge in [0.25, 0.3) is 5.91 Å². The Bertz CT molecular complexity index is 460. The molecule has 0 unspecified atom stereocenters. The summed E-state index contributed by atoms with van der Waals surface area (Å²) < 4.78 is 1.87. The largest absolute Gasteiger partial charge is 0.345 e. The lowest BCUT2D eigenvalue weighted by Crippen LogP contribution is -2.48. The third-order valence-electron chi connectivity index (χ3n) is 3.37. The molecule has 0 spiro atoms. The van der Waals surface area contributed by atoms with Gasteiger partial charge >= 0.3 is 0 Å². The zero-order valence-corrected chi connectivity index (χ0v) is 14.3. The average Bonchev–Trinajstić information content (AvgIpc) is 2.81. The molecule has 0 aromatic heterocycles. The molecule has 2 rings (SSSR count).